The Labute approximate surface area is 99.4 Å². The van der Waals surface area contributed by atoms with Crippen molar-refractivity contribution in [1.29, 1.82) is 0 Å². The number of hydrogen-bond acceptors (Lipinski definition) is 4. The lowest BCUT2D eigenvalue weighted by Gasteiger charge is -2.09. The molecule has 1 heterocycles. The molecule has 0 saturated carbocycles. The van der Waals surface area contributed by atoms with Crippen LogP contribution < -0.4 is 11.1 Å². The van der Waals surface area contributed by atoms with Gasteiger partial charge in [0, 0.05) is 19.4 Å². The molecule has 0 aliphatic carbocycles. The fourth-order valence-corrected chi connectivity index (χ4v) is 1.25. The molecule has 0 spiro atoms. The van der Waals surface area contributed by atoms with Crippen LogP contribution in [-0.4, -0.2) is 22.4 Å². The van der Waals surface area contributed by atoms with Crippen molar-refractivity contribution in [3.8, 4) is 0 Å². The monoisotopic (exact) mass is 241 g/mol. The van der Waals surface area contributed by atoms with E-state index in [1.165, 1.54) is 0 Å². The van der Waals surface area contributed by atoms with Crippen LogP contribution in [-0.2, 0) is 0 Å². The van der Waals surface area contributed by atoms with E-state index in [0.717, 1.165) is 0 Å². The molecular weight excluding hydrogens is 226 g/mol. The molecule has 0 aromatic carbocycles. The van der Waals surface area contributed by atoms with Crippen molar-refractivity contribution in [2.24, 2.45) is 11.7 Å². The number of oxazole rings is 1. The van der Waals surface area contributed by atoms with Crippen LogP contribution in [0.25, 0.3) is 0 Å². The van der Waals surface area contributed by atoms with Gasteiger partial charge >= 0.3 is 0 Å². The summed E-state index contributed by atoms with van der Waals surface area (Å²) in [7, 11) is 0. The van der Waals surface area contributed by atoms with Crippen molar-refractivity contribution >= 4 is 23.1 Å². The largest absolute Gasteiger partial charge is 0.436 e. The fraction of sp³-hybridized carbons (Fsp3) is 0.500. The van der Waals surface area contributed by atoms with Crippen molar-refractivity contribution in [2.75, 3.05) is 6.54 Å². The first kappa shape index (κ1) is 12.6. The van der Waals surface area contributed by atoms with Crippen molar-refractivity contribution in [2.45, 2.75) is 20.8 Å². The summed E-state index contributed by atoms with van der Waals surface area (Å²) in [6.07, 6.45) is 0. The Hall–Kier alpha value is -1.43. The number of thiocarbonyl (C=S) groups is 1. The molecule has 0 radical (unpaired) electrons. The lowest BCUT2D eigenvalue weighted by molar-refractivity contribution is 0.0921. The van der Waals surface area contributed by atoms with E-state index in [2.05, 4.69) is 10.3 Å². The van der Waals surface area contributed by atoms with Gasteiger partial charge in [-0.2, -0.15) is 0 Å². The van der Waals surface area contributed by atoms with Gasteiger partial charge in [0.15, 0.2) is 5.89 Å². The van der Waals surface area contributed by atoms with Crippen LogP contribution >= 0.6 is 12.2 Å². The second-order valence-corrected chi connectivity index (χ2v) is 4.13. The molecule has 5 nitrogen and oxygen atoms in total. The van der Waals surface area contributed by atoms with Crippen molar-refractivity contribution in [1.82, 2.24) is 10.3 Å². The summed E-state index contributed by atoms with van der Waals surface area (Å²) in [5, 5.41) is 2.69. The van der Waals surface area contributed by atoms with Gasteiger partial charge in [0.05, 0.1) is 10.7 Å². The van der Waals surface area contributed by atoms with Gasteiger partial charge in [0.25, 0.3) is 5.91 Å². The van der Waals surface area contributed by atoms with Gasteiger partial charge in [-0.25, -0.2) is 4.98 Å². The highest BCUT2D eigenvalue weighted by molar-refractivity contribution is 7.80. The number of nitrogens with two attached hydrogens (primary N) is 1. The van der Waals surface area contributed by atoms with Gasteiger partial charge in [0.2, 0.25) is 5.76 Å². The summed E-state index contributed by atoms with van der Waals surface area (Å²) >= 11 is 4.81. The first-order chi connectivity index (χ1) is 7.41. The number of nitrogens with one attached hydrogen (secondary N) is 1. The zero-order valence-electron chi connectivity index (χ0n) is 9.53. The molecular formula is C10H15N3O2S. The van der Waals surface area contributed by atoms with E-state index in [1.54, 1.807) is 13.8 Å². The number of carbonyl (C=O) groups excluding carboxylic acids is 1. The summed E-state index contributed by atoms with van der Waals surface area (Å²) in [6, 6.07) is 0. The molecule has 1 unspecified atom stereocenters. The predicted octanol–water partition coefficient (Wildman–Crippen LogP) is 0.943. The van der Waals surface area contributed by atoms with Crippen molar-refractivity contribution in [3.63, 3.8) is 0 Å². The van der Waals surface area contributed by atoms with Crippen LogP contribution in [0.5, 0.6) is 0 Å². The molecule has 6 heteroatoms. The Morgan fingerprint density at radius 1 is 1.62 bits per heavy atom. The maximum Gasteiger partial charge on any atom is 0.289 e. The molecule has 1 atom stereocenters. The average molecular weight is 241 g/mol. The Bertz CT molecular complexity index is 414. The van der Waals surface area contributed by atoms with Crippen LogP contribution in [0.15, 0.2) is 4.42 Å². The Kier molecular flexibility index (Phi) is 4.00. The van der Waals surface area contributed by atoms with E-state index in [4.69, 9.17) is 22.4 Å². The van der Waals surface area contributed by atoms with Crippen LogP contribution in [0.3, 0.4) is 0 Å². The zero-order chi connectivity index (χ0) is 12.3. The highest BCUT2D eigenvalue weighted by Gasteiger charge is 2.16. The van der Waals surface area contributed by atoms with E-state index in [-0.39, 0.29) is 17.6 Å². The first-order valence-corrected chi connectivity index (χ1v) is 5.34. The minimum Gasteiger partial charge on any atom is -0.436 e. The van der Waals surface area contributed by atoms with Gasteiger partial charge < -0.3 is 15.5 Å². The Morgan fingerprint density at radius 3 is 2.69 bits per heavy atom. The Balaban J connectivity index is 2.60. The quantitative estimate of drug-likeness (QED) is 0.767. The summed E-state index contributed by atoms with van der Waals surface area (Å²) < 4.78 is 5.18. The van der Waals surface area contributed by atoms with Crippen LogP contribution in [0.1, 0.15) is 29.1 Å². The zero-order valence-corrected chi connectivity index (χ0v) is 10.4. The molecule has 0 fully saturated rings. The standard InChI is InChI=1S/C10H15N3O2S/c1-5(9(11)16)4-12-10(14)8-6(2)13-7(3)15-8/h5H,4H2,1-3H3,(H2,11,16)(H,12,14). The third kappa shape index (κ3) is 3.03. The molecule has 0 aliphatic rings. The normalized spacial score (nSPS) is 12.2. The van der Waals surface area contributed by atoms with Gasteiger partial charge in [-0.15, -0.1) is 0 Å². The van der Waals surface area contributed by atoms with E-state index < -0.39 is 0 Å². The average Bonchev–Trinajstić information content (AvgIpc) is 2.53. The summed E-state index contributed by atoms with van der Waals surface area (Å²) in [4.78, 5) is 16.1. The van der Waals surface area contributed by atoms with Gasteiger partial charge in [-0.3, -0.25) is 4.79 Å². The highest BCUT2D eigenvalue weighted by atomic mass is 32.1. The van der Waals surface area contributed by atoms with E-state index in [1.807, 2.05) is 6.92 Å². The number of aryl methyl sites for hydroxylation is 2. The molecule has 0 saturated heterocycles. The number of hydrogen-bond donors (Lipinski definition) is 2. The number of aromatic nitrogens is 1. The second kappa shape index (κ2) is 5.07. The minimum absolute atomic E-state index is 0.0386. The Morgan fingerprint density at radius 2 is 2.25 bits per heavy atom. The first-order valence-electron chi connectivity index (χ1n) is 4.93. The van der Waals surface area contributed by atoms with Crippen LogP contribution in [0, 0.1) is 19.8 Å². The topological polar surface area (TPSA) is 81.2 Å². The molecule has 1 amide bonds. The molecule has 1 rings (SSSR count). The van der Waals surface area contributed by atoms with E-state index >= 15 is 0 Å². The molecule has 3 N–H and O–H groups in total. The molecule has 0 bridgehead atoms. The summed E-state index contributed by atoms with van der Waals surface area (Å²) in [6.45, 7) is 5.66. The SMILES string of the molecule is Cc1nc(C)c(C(=O)NCC(C)C(N)=S)o1. The summed E-state index contributed by atoms with van der Waals surface area (Å²) in [5.41, 5.74) is 6.02. The third-order valence-corrected chi connectivity index (χ3v) is 2.57. The predicted molar refractivity (Wildman–Crippen MR) is 64.3 cm³/mol. The lowest BCUT2D eigenvalue weighted by atomic mass is 10.2. The third-order valence-electron chi connectivity index (χ3n) is 2.16. The molecule has 16 heavy (non-hydrogen) atoms. The van der Waals surface area contributed by atoms with Crippen LogP contribution in [0.4, 0.5) is 0 Å². The number of amides is 1. The molecule has 1 aromatic heterocycles. The second-order valence-electron chi connectivity index (χ2n) is 3.66. The van der Waals surface area contributed by atoms with Gasteiger partial charge in [-0.05, 0) is 6.92 Å². The van der Waals surface area contributed by atoms with Crippen molar-refractivity contribution < 1.29 is 9.21 Å². The summed E-state index contributed by atoms with van der Waals surface area (Å²) in [5.74, 6) is 0.391. The highest BCUT2D eigenvalue weighted by Crippen LogP contribution is 2.08. The lowest BCUT2D eigenvalue weighted by Crippen LogP contribution is -2.33. The number of carbonyl (C=O) groups is 1. The minimum atomic E-state index is -0.291. The van der Waals surface area contributed by atoms with E-state index in [9.17, 15) is 4.79 Å². The van der Waals surface area contributed by atoms with Gasteiger partial charge in [0.1, 0.15) is 0 Å². The smallest absolute Gasteiger partial charge is 0.289 e. The molecule has 1 aromatic rings. The van der Waals surface area contributed by atoms with E-state index in [0.29, 0.717) is 23.1 Å². The van der Waals surface area contributed by atoms with Gasteiger partial charge in [-0.1, -0.05) is 19.1 Å². The number of nitrogens with zero attached hydrogens (tertiary/aromatic N) is 1. The number of rotatable bonds is 4. The maximum absolute atomic E-state index is 11.7. The molecule has 88 valence electrons. The van der Waals surface area contributed by atoms with Crippen molar-refractivity contribution in [3.05, 3.63) is 17.3 Å². The van der Waals surface area contributed by atoms with Crippen LogP contribution in [0.2, 0.25) is 0 Å². The fourth-order valence-electron chi connectivity index (χ4n) is 1.17. The maximum atomic E-state index is 11.7. The molecule has 0 aliphatic heterocycles.